The van der Waals surface area contributed by atoms with Gasteiger partial charge in [-0.05, 0) is 30.2 Å². The highest BCUT2D eigenvalue weighted by molar-refractivity contribution is 6.31. The van der Waals surface area contributed by atoms with Gasteiger partial charge in [-0.2, -0.15) is 5.26 Å². The summed E-state index contributed by atoms with van der Waals surface area (Å²) < 4.78 is 2.22. The molecule has 0 bridgehead atoms. The maximum Gasteiger partial charge on any atom is 0.110 e. The lowest BCUT2D eigenvalue weighted by Gasteiger charge is -2.09. The topological polar surface area (TPSA) is 41.6 Å². The molecule has 0 spiro atoms. The number of nitriles is 1. The molecule has 0 unspecified atom stereocenters. The van der Waals surface area contributed by atoms with Crippen LogP contribution in [0.5, 0.6) is 0 Å². The predicted molar refractivity (Wildman–Crippen MR) is 88.8 cm³/mol. The Morgan fingerprint density at radius 2 is 1.95 bits per heavy atom. The molecule has 1 heterocycles. The Balaban J connectivity index is 2.00. The third-order valence-electron chi connectivity index (χ3n) is 3.66. The van der Waals surface area contributed by atoms with Crippen molar-refractivity contribution in [3.63, 3.8) is 0 Å². The Kier molecular flexibility index (Phi) is 4.41. The fourth-order valence-electron chi connectivity index (χ4n) is 2.61. The van der Waals surface area contributed by atoms with E-state index in [1.165, 1.54) is 5.56 Å². The van der Waals surface area contributed by atoms with Crippen LogP contribution < -0.4 is 0 Å². The number of aryl methyl sites for hydroxylation is 1. The van der Waals surface area contributed by atoms with E-state index in [1.54, 1.807) is 0 Å². The van der Waals surface area contributed by atoms with Crippen LogP contribution in [-0.4, -0.2) is 9.55 Å². The van der Waals surface area contributed by atoms with Gasteiger partial charge in [-0.15, -0.1) is 0 Å². The second-order valence-corrected chi connectivity index (χ2v) is 5.68. The summed E-state index contributed by atoms with van der Waals surface area (Å²) in [5.41, 5.74) is 3.23. The number of imidazole rings is 1. The van der Waals surface area contributed by atoms with Crippen molar-refractivity contribution in [1.29, 1.82) is 5.26 Å². The summed E-state index contributed by atoms with van der Waals surface area (Å²) in [6, 6.07) is 18.3. The minimum absolute atomic E-state index is 0.551. The van der Waals surface area contributed by atoms with Gasteiger partial charge in [0.15, 0.2) is 0 Å². The molecule has 3 nitrogen and oxygen atoms in total. The number of hydrogen-bond donors (Lipinski definition) is 0. The minimum atomic E-state index is 0.551. The number of aromatic nitrogens is 2. The lowest BCUT2D eigenvalue weighted by atomic mass is 10.2. The summed E-state index contributed by atoms with van der Waals surface area (Å²) in [7, 11) is 0. The van der Waals surface area contributed by atoms with Gasteiger partial charge >= 0.3 is 0 Å². The summed E-state index contributed by atoms with van der Waals surface area (Å²) in [5, 5.41) is 9.43. The van der Waals surface area contributed by atoms with Gasteiger partial charge in [-0.3, -0.25) is 0 Å². The Bertz CT molecular complexity index is 815. The van der Waals surface area contributed by atoms with Crippen molar-refractivity contribution in [3.8, 4) is 6.07 Å². The molecular weight excluding hydrogens is 294 g/mol. The van der Waals surface area contributed by atoms with Gasteiger partial charge in [0.05, 0.1) is 17.1 Å². The van der Waals surface area contributed by atoms with E-state index >= 15 is 0 Å². The van der Waals surface area contributed by atoms with Crippen LogP contribution in [-0.2, 0) is 13.0 Å². The molecule has 0 N–H and O–H groups in total. The zero-order valence-corrected chi connectivity index (χ0v) is 12.9. The number of unbranched alkanes of at least 4 members (excludes halogenated alkanes) is 1. The third-order valence-corrected chi connectivity index (χ3v) is 3.90. The maximum absolute atomic E-state index is 8.73. The van der Waals surface area contributed by atoms with E-state index < -0.39 is 0 Å². The first kappa shape index (κ1) is 14.6. The fourth-order valence-corrected chi connectivity index (χ4v) is 2.78. The van der Waals surface area contributed by atoms with Crippen molar-refractivity contribution >= 4 is 22.6 Å². The second-order valence-electron chi connectivity index (χ2n) is 5.24. The van der Waals surface area contributed by atoms with E-state index in [1.807, 2.05) is 36.4 Å². The number of halogens is 1. The monoisotopic (exact) mass is 309 g/mol. The lowest BCUT2D eigenvalue weighted by molar-refractivity contribution is 0.706. The second kappa shape index (κ2) is 6.64. The molecule has 0 atom stereocenters. The maximum atomic E-state index is 8.73. The summed E-state index contributed by atoms with van der Waals surface area (Å²) >= 11 is 6.07. The van der Waals surface area contributed by atoms with Crippen molar-refractivity contribution in [2.45, 2.75) is 25.8 Å². The van der Waals surface area contributed by atoms with Crippen LogP contribution in [0.4, 0.5) is 0 Å². The highest BCUT2D eigenvalue weighted by atomic mass is 35.5. The van der Waals surface area contributed by atoms with E-state index in [9.17, 15) is 0 Å². The molecule has 4 heteroatoms. The van der Waals surface area contributed by atoms with Crippen LogP contribution in [0.25, 0.3) is 11.0 Å². The Morgan fingerprint density at radius 1 is 1.14 bits per heavy atom. The Labute approximate surface area is 134 Å². The molecule has 0 fully saturated rings. The van der Waals surface area contributed by atoms with Gasteiger partial charge in [0.2, 0.25) is 0 Å². The van der Waals surface area contributed by atoms with Gasteiger partial charge in [-0.25, -0.2) is 4.98 Å². The average Bonchev–Trinajstić information content (AvgIpc) is 2.85. The van der Waals surface area contributed by atoms with E-state index in [4.69, 9.17) is 21.8 Å². The predicted octanol–water partition coefficient (Wildman–Crippen LogP) is 4.58. The summed E-state index contributed by atoms with van der Waals surface area (Å²) in [6.45, 7) is 0.779. The van der Waals surface area contributed by atoms with Crippen LogP contribution >= 0.6 is 11.6 Å². The number of rotatable bonds is 5. The van der Waals surface area contributed by atoms with Crippen LogP contribution in [0.1, 0.15) is 24.2 Å². The number of nitrogens with zero attached hydrogens (tertiary/aromatic N) is 3. The molecule has 0 amide bonds. The highest BCUT2D eigenvalue weighted by Gasteiger charge is 2.11. The lowest BCUT2D eigenvalue weighted by Crippen LogP contribution is -2.05. The van der Waals surface area contributed by atoms with E-state index in [0.717, 1.165) is 36.2 Å². The van der Waals surface area contributed by atoms with Gasteiger partial charge in [0.1, 0.15) is 5.82 Å². The molecule has 0 saturated carbocycles. The molecule has 22 heavy (non-hydrogen) atoms. The zero-order valence-electron chi connectivity index (χ0n) is 12.2. The van der Waals surface area contributed by atoms with Crippen molar-refractivity contribution < 1.29 is 0 Å². The number of hydrogen-bond acceptors (Lipinski definition) is 2. The summed E-state index contributed by atoms with van der Waals surface area (Å²) in [5.74, 6) is 1.01. The molecule has 0 aliphatic heterocycles. The van der Waals surface area contributed by atoms with Crippen molar-refractivity contribution in [1.82, 2.24) is 9.55 Å². The van der Waals surface area contributed by atoms with Crippen LogP contribution in [0.3, 0.4) is 0 Å². The largest absolute Gasteiger partial charge is 0.323 e. The van der Waals surface area contributed by atoms with Gasteiger partial charge in [-0.1, -0.05) is 41.9 Å². The Morgan fingerprint density at radius 3 is 2.73 bits per heavy atom. The molecule has 0 saturated heterocycles. The molecule has 3 aromatic rings. The van der Waals surface area contributed by atoms with Crippen LogP contribution in [0.2, 0.25) is 5.02 Å². The highest BCUT2D eigenvalue weighted by Crippen LogP contribution is 2.22. The summed E-state index contributed by atoms with van der Waals surface area (Å²) in [6.07, 6.45) is 2.17. The fraction of sp³-hybridized carbons (Fsp3) is 0.222. The first-order chi connectivity index (χ1) is 10.8. The first-order valence-electron chi connectivity index (χ1n) is 7.33. The summed E-state index contributed by atoms with van der Waals surface area (Å²) in [4.78, 5) is 4.71. The molecule has 110 valence electrons. The normalized spacial score (nSPS) is 10.7. The first-order valence-corrected chi connectivity index (χ1v) is 7.71. The zero-order chi connectivity index (χ0) is 15.4. The standard InChI is InChI=1S/C18H16ClN3/c19-15-9-10-17-16(12-15)21-18(8-4-5-11-20)22(17)13-14-6-2-1-3-7-14/h1-3,6-7,9-10,12H,4-5,8,13H2. The Hall–Kier alpha value is -2.31. The van der Waals surface area contributed by atoms with Gasteiger partial charge in [0, 0.05) is 24.4 Å². The quantitative estimate of drug-likeness (QED) is 0.647. The van der Waals surface area contributed by atoms with Crippen molar-refractivity contribution in [2.24, 2.45) is 0 Å². The third kappa shape index (κ3) is 3.13. The van der Waals surface area contributed by atoms with Gasteiger partial charge in [0.25, 0.3) is 0 Å². The van der Waals surface area contributed by atoms with E-state index in [0.29, 0.717) is 11.4 Å². The minimum Gasteiger partial charge on any atom is -0.323 e. The van der Waals surface area contributed by atoms with Crippen LogP contribution in [0.15, 0.2) is 48.5 Å². The average molecular weight is 310 g/mol. The number of fused-ring (bicyclic) bond motifs is 1. The van der Waals surface area contributed by atoms with Crippen molar-refractivity contribution in [2.75, 3.05) is 0 Å². The van der Waals surface area contributed by atoms with Crippen molar-refractivity contribution in [3.05, 3.63) is 64.9 Å². The van der Waals surface area contributed by atoms with E-state index in [2.05, 4.69) is 22.8 Å². The molecule has 1 aromatic heterocycles. The smallest absolute Gasteiger partial charge is 0.110 e. The molecule has 0 aliphatic carbocycles. The van der Waals surface area contributed by atoms with Gasteiger partial charge < -0.3 is 4.57 Å². The number of benzene rings is 2. The van der Waals surface area contributed by atoms with Crippen LogP contribution in [0, 0.1) is 11.3 Å². The molecule has 2 aromatic carbocycles. The van der Waals surface area contributed by atoms with E-state index in [-0.39, 0.29) is 0 Å². The molecule has 0 aliphatic rings. The SMILES string of the molecule is N#CCCCc1nc2cc(Cl)ccc2n1Cc1ccccc1. The molecule has 0 radical (unpaired) electrons. The molecular formula is C18H16ClN3. The molecule has 3 rings (SSSR count).